The fraction of sp³-hybridized carbons (Fsp3) is 0.571. The molecule has 2 aliphatic heterocycles. The van der Waals surface area contributed by atoms with Crippen molar-refractivity contribution in [1.29, 1.82) is 0 Å². The fourth-order valence-corrected chi connectivity index (χ4v) is 3.83. The van der Waals surface area contributed by atoms with Gasteiger partial charge in [0, 0.05) is 45.0 Å². The summed E-state index contributed by atoms with van der Waals surface area (Å²) in [6, 6.07) is 5.02. The number of carbonyl (C=O) groups is 3. The summed E-state index contributed by atoms with van der Waals surface area (Å²) in [7, 11) is 2.07. The summed E-state index contributed by atoms with van der Waals surface area (Å²) in [4.78, 5) is 43.9. The van der Waals surface area contributed by atoms with Crippen LogP contribution in [0.2, 0.25) is 0 Å². The summed E-state index contributed by atoms with van der Waals surface area (Å²) in [5, 5.41) is 5.66. The topological polar surface area (TPSA) is 85.0 Å². The number of amides is 3. The molecule has 0 bridgehead atoms. The van der Waals surface area contributed by atoms with E-state index in [2.05, 4.69) is 27.5 Å². The highest BCUT2D eigenvalue weighted by Crippen LogP contribution is 2.18. The van der Waals surface area contributed by atoms with Gasteiger partial charge >= 0.3 is 0 Å². The number of carbonyl (C=O) groups excluding carboxylic acids is 3. The van der Waals surface area contributed by atoms with Crippen molar-refractivity contribution in [2.24, 2.45) is 0 Å². The maximum atomic E-state index is 12.9. The Morgan fingerprint density at radius 1 is 1.14 bits per heavy atom. The van der Waals surface area contributed by atoms with Crippen molar-refractivity contribution in [3.05, 3.63) is 29.3 Å². The number of rotatable bonds is 5. The summed E-state index contributed by atoms with van der Waals surface area (Å²) in [5.74, 6) is -0.621. The number of anilines is 1. The summed E-state index contributed by atoms with van der Waals surface area (Å²) >= 11 is 0. The molecule has 29 heavy (non-hydrogen) atoms. The predicted octanol–water partition coefficient (Wildman–Crippen LogP) is 0.206. The first-order chi connectivity index (χ1) is 13.8. The van der Waals surface area contributed by atoms with Gasteiger partial charge in [0.05, 0.1) is 13.0 Å². The highest BCUT2D eigenvalue weighted by molar-refractivity contribution is 5.98. The molecule has 0 aromatic heterocycles. The minimum absolute atomic E-state index is 0.0480. The number of hydrogen-bond acceptors (Lipinski definition) is 5. The first-order valence-electron chi connectivity index (χ1n) is 10.2. The lowest BCUT2D eigenvalue weighted by molar-refractivity contribution is -0.145. The number of benzene rings is 1. The van der Waals surface area contributed by atoms with Gasteiger partial charge in [0.2, 0.25) is 17.7 Å². The van der Waals surface area contributed by atoms with Gasteiger partial charge in [0.25, 0.3) is 0 Å². The zero-order valence-electron chi connectivity index (χ0n) is 17.5. The molecule has 1 atom stereocenters. The van der Waals surface area contributed by atoms with E-state index in [4.69, 9.17) is 0 Å². The first kappa shape index (κ1) is 21.3. The largest absolute Gasteiger partial charge is 0.353 e. The van der Waals surface area contributed by atoms with Crippen LogP contribution in [0.4, 0.5) is 5.69 Å². The van der Waals surface area contributed by atoms with Gasteiger partial charge in [-0.15, -0.1) is 0 Å². The Hall–Kier alpha value is -2.45. The minimum atomic E-state index is -0.769. The number of piperazine rings is 2. The van der Waals surface area contributed by atoms with Crippen LogP contribution in [-0.2, 0) is 14.4 Å². The number of aryl methyl sites for hydroxylation is 2. The van der Waals surface area contributed by atoms with E-state index in [0.29, 0.717) is 13.1 Å². The lowest BCUT2D eigenvalue weighted by atomic mass is 10.1. The van der Waals surface area contributed by atoms with Gasteiger partial charge in [-0.05, 0) is 32.5 Å². The average molecular weight is 402 g/mol. The Morgan fingerprint density at radius 2 is 1.86 bits per heavy atom. The lowest BCUT2D eigenvalue weighted by Gasteiger charge is -2.37. The van der Waals surface area contributed by atoms with Crippen molar-refractivity contribution in [1.82, 2.24) is 20.0 Å². The average Bonchev–Trinajstić information content (AvgIpc) is 2.67. The van der Waals surface area contributed by atoms with Gasteiger partial charge in [-0.25, -0.2) is 0 Å². The number of nitrogens with zero attached hydrogens (tertiary/aromatic N) is 3. The van der Waals surface area contributed by atoms with Gasteiger partial charge in [0.1, 0.15) is 6.04 Å². The third-order valence-corrected chi connectivity index (χ3v) is 5.64. The molecule has 158 valence electrons. The van der Waals surface area contributed by atoms with Gasteiger partial charge in [-0.2, -0.15) is 0 Å². The summed E-state index contributed by atoms with van der Waals surface area (Å²) < 4.78 is 0. The van der Waals surface area contributed by atoms with Crippen LogP contribution >= 0.6 is 0 Å². The Labute approximate surface area is 172 Å². The van der Waals surface area contributed by atoms with Crippen molar-refractivity contribution in [3.63, 3.8) is 0 Å². The molecule has 8 heteroatoms. The third-order valence-electron chi connectivity index (χ3n) is 5.64. The van der Waals surface area contributed by atoms with Crippen LogP contribution < -0.4 is 10.6 Å². The van der Waals surface area contributed by atoms with Gasteiger partial charge in [-0.3, -0.25) is 19.3 Å². The van der Waals surface area contributed by atoms with E-state index < -0.39 is 6.04 Å². The normalized spacial score (nSPS) is 21.0. The SMILES string of the molecule is Cc1ccc(NC(=O)CC2C(=O)NCCN2C(=O)CN2CCN(C)CC2)c(C)c1. The zero-order chi connectivity index (χ0) is 21.0. The van der Waals surface area contributed by atoms with Crippen molar-refractivity contribution in [3.8, 4) is 0 Å². The van der Waals surface area contributed by atoms with Crippen LogP contribution in [0.1, 0.15) is 17.5 Å². The minimum Gasteiger partial charge on any atom is -0.353 e. The van der Waals surface area contributed by atoms with E-state index in [1.54, 1.807) is 4.90 Å². The standard InChI is InChI=1S/C21H31N5O3/c1-15-4-5-17(16(2)12-15)23-19(27)13-18-21(29)22-6-7-26(18)20(28)14-25-10-8-24(3)9-11-25/h4-5,12,18H,6-11,13-14H2,1-3H3,(H,22,29)(H,23,27). The van der Waals surface area contributed by atoms with E-state index in [-0.39, 0.29) is 30.7 Å². The molecule has 2 aliphatic rings. The van der Waals surface area contributed by atoms with E-state index in [0.717, 1.165) is 43.0 Å². The van der Waals surface area contributed by atoms with Gasteiger partial charge in [-0.1, -0.05) is 17.7 Å². The Balaban J connectivity index is 1.62. The zero-order valence-corrected chi connectivity index (χ0v) is 17.5. The van der Waals surface area contributed by atoms with Gasteiger partial charge in [0.15, 0.2) is 0 Å². The summed E-state index contributed by atoms with van der Waals surface area (Å²) in [6.45, 7) is 8.58. The highest BCUT2D eigenvalue weighted by atomic mass is 16.2. The summed E-state index contributed by atoms with van der Waals surface area (Å²) in [6.07, 6.45) is -0.0480. The predicted molar refractivity (Wildman–Crippen MR) is 112 cm³/mol. The maximum Gasteiger partial charge on any atom is 0.243 e. The molecule has 1 unspecified atom stereocenters. The number of likely N-dealkylation sites (N-methyl/N-ethyl adjacent to an activating group) is 1. The molecule has 0 spiro atoms. The third kappa shape index (κ3) is 5.55. The van der Waals surface area contributed by atoms with Crippen molar-refractivity contribution in [2.75, 3.05) is 58.2 Å². The van der Waals surface area contributed by atoms with Crippen molar-refractivity contribution in [2.45, 2.75) is 26.3 Å². The number of hydrogen-bond donors (Lipinski definition) is 2. The number of nitrogens with one attached hydrogen (secondary N) is 2. The highest BCUT2D eigenvalue weighted by Gasteiger charge is 2.35. The molecule has 0 saturated carbocycles. The fourth-order valence-electron chi connectivity index (χ4n) is 3.83. The molecule has 2 saturated heterocycles. The van der Waals surface area contributed by atoms with Crippen LogP contribution in [0, 0.1) is 13.8 Å². The lowest BCUT2D eigenvalue weighted by Crippen LogP contribution is -2.60. The molecule has 2 N–H and O–H groups in total. The molecule has 1 aromatic carbocycles. The molecule has 1 aromatic rings. The Morgan fingerprint density at radius 3 is 2.55 bits per heavy atom. The second-order valence-corrected chi connectivity index (χ2v) is 8.04. The van der Waals surface area contributed by atoms with Crippen LogP contribution in [0.25, 0.3) is 0 Å². The Kier molecular flexibility index (Phi) is 6.87. The maximum absolute atomic E-state index is 12.9. The van der Waals surface area contributed by atoms with E-state index >= 15 is 0 Å². The van der Waals surface area contributed by atoms with Crippen molar-refractivity contribution < 1.29 is 14.4 Å². The molecule has 0 aliphatic carbocycles. The van der Waals surface area contributed by atoms with Crippen LogP contribution in [-0.4, -0.2) is 91.3 Å². The van der Waals surface area contributed by atoms with E-state index in [9.17, 15) is 14.4 Å². The molecular weight excluding hydrogens is 370 g/mol. The monoisotopic (exact) mass is 401 g/mol. The second-order valence-electron chi connectivity index (χ2n) is 8.04. The second kappa shape index (κ2) is 9.37. The van der Waals surface area contributed by atoms with Gasteiger partial charge < -0.3 is 20.4 Å². The smallest absolute Gasteiger partial charge is 0.243 e. The van der Waals surface area contributed by atoms with Crippen LogP contribution in [0.5, 0.6) is 0 Å². The molecule has 3 amide bonds. The summed E-state index contributed by atoms with van der Waals surface area (Å²) in [5.41, 5.74) is 2.81. The van der Waals surface area contributed by atoms with Crippen LogP contribution in [0.15, 0.2) is 18.2 Å². The molecular formula is C21H31N5O3. The quantitative estimate of drug-likeness (QED) is 0.737. The molecule has 3 rings (SSSR count). The van der Waals surface area contributed by atoms with Crippen molar-refractivity contribution >= 4 is 23.4 Å². The molecule has 2 fully saturated rings. The Bertz CT molecular complexity index is 774. The van der Waals surface area contributed by atoms with E-state index in [1.807, 2.05) is 32.0 Å². The molecule has 2 heterocycles. The molecule has 8 nitrogen and oxygen atoms in total. The van der Waals surface area contributed by atoms with E-state index in [1.165, 1.54) is 0 Å². The van der Waals surface area contributed by atoms with Crippen LogP contribution in [0.3, 0.4) is 0 Å². The first-order valence-corrected chi connectivity index (χ1v) is 10.2. The molecule has 0 radical (unpaired) electrons.